The van der Waals surface area contributed by atoms with Crippen molar-refractivity contribution in [2.75, 3.05) is 18.1 Å². The van der Waals surface area contributed by atoms with Gasteiger partial charge in [0, 0.05) is 11.4 Å². The molecule has 0 aliphatic heterocycles. The third-order valence-corrected chi connectivity index (χ3v) is 4.21. The Balaban J connectivity index is 1.82. The highest BCUT2D eigenvalue weighted by Gasteiger charge is 2.09. The lowest BCUT2D eigenvalue weighted by Crippen LogP contribution is -2.07. The van der Waals surface area contributed by atoms with Crippen LogP contribution in [0.15, 0.2) is 53.4 Å². The highest BCUT2D eigenvalue weighted by Crippen LogP contribution is 2.18. The number of hydrogen-bond donors (Lipinski definition) is 1. The number of benzene rings is 2. The van der Waals surface area contributed by atoms with E-state index in [1.165, 1.54) is 18.2 Å². The van der Waals surface area contributed by atoms with E-state index < -0.39 is 16.6 Å². The lowest BCUT2D eigenvalue weighted by molar-refractivity contribution is 0.318. The van der Waals surface area contributed by atoms with Gasteiger partial charge in [-0.3, -0.25) is 4.21 Å². The maximum absolute atomic E-state index is 13.1. The summed E-state index contributed by atoms with van der Waals surface area (Å²) in [7, 11) is -1.31. The molecule has 0 aliphatic rings. The molecule has 2 N–H and O–H groups in total. The summed E-state index contributed by atoms with van der Waals surface area (Å²) in [6, 6.07) is 13.3. The highest BCUT2D eigenvalue weighted by atomic mass is 32.2. The molecule has 0 spiro atoms. The zero-order chi connectivity index (χ0) is 14.4. The molecule has 0 aromatic heterocycles. The first-order valence-corrected chi connectivity index (χ1v) is 7.60. The van der Waals surface area contributed by atoms with Gasteiger partial charge in [0.15, 0.2) is 0 Å². The van der Waals surface area contributed by atoms with Crippen molar-refractivity contribution in [3.63, 3.8) is 0 Å². The Bertz CT molecular complexity index is 590. The van der Waals surface area contributed by atoms with Gasteiger partial charge in [-0.15, -0.1) is 0 Å². The first kappa shape index (κ1) is 14.5. The van der Waals surface area contributed by atoms with E-state index in [0.717, 1.165) is 5.75 Å². The number of ether oxygens (including phenoxy) is 1. The van der Waals surface area contributed by atoms with Crippen LogP contribution in [-0.2, 0) is 10.8 Å². The SMILES string of the molecule is Nc1ccc(F)cc1S(=O)CCCOc1ccccc1. The van der Waals surface area contributed by atoms with E-state index in [9.17, 15) is 8.60 Å². The molecule has 0 aliphatic carbocycles. The van der Waals surface area contributed by atoms with Crippen LogP contribution in [0.5, 0.6) is 5.75 Å². The van der Waals surface area contributed by atoms with Gasteiger partial charge in [-0.05, 0) is 36.8 Å². The van der Waals surface area contributed by atoms with E-state index in [2.05, 4.69) is 0 Å². The van der Waals surface area contributed by atoms with Crippen molar-refractivity contribution in [2.24, 2.45) is 0 Å². The number of para-hydroxylation sites is 1. The molecule has 0 fully saturated rings. The molecule has 0 bridgehead atoms. The first-order chi connectivity index (χ1) is 9.66. The third-order valence-electron chi connectivity index (χ3n) is 2.71. The fraction of sp³-hybridized carbons (Fsp3) is 0.200. The molecule has 20 heavy (non-hydrogen) atoms. The van der Waals surface area contributed by atoms with E-state index in [-0.39, 0.29) is 0 Å². The molecule has 1 atom stereocenters. The van der Waals surface area contributed by atoms with Crippen LogP contribution in [0.4, 0.5) is 10.1 Å². The summed E-state index contributed by atoms with van der Waals surface area (Å²) >= 11 is 0. The standard InChI is InChI=1S/C15H16FNO2S/c16-12-7-8-14(17)15(11-12)20(18)10-4-9-19-13-5-2-1-3-6-13/h1-3,5-8,11H,4,9-10,17H2. The fourth-order valence-electron chi connectivity index (χ4n) is 1.71. The molecule has 0 saturated heterocycles. The predicted molar refractivity (Wildman–Crippen MR) is 78.6 cm³/mol. The van der Waals surface area contributed by atoms with Crippen LogP contribution >= 0.6 is 0 Å². The van der Waals surface area contributed by atoms with Gasteiger partial charge in [-0.25, -0.2) is 4.39 Å². The van der Waals surface area contributed by atoms with Crippen LogP contribution in [0.2, 0.25) is 0 Å². The molecule has 3 nitrogen and oxygen atoms in total. The fourth-order valence-corrected chi connectivity index (χ4v) is 2.89. The molecule has 106 valence electrons. The lowest BCUT2D eigenvalue weighted by Gasteiger charge is -2.07. The van der Waals surface area contributed by atoms with Gasteiger partial charge in [0.1, 0.15) is 11.6 Å². The number of rotatable bonds is 6. The van der Waals surface area contributed by atoms with Gasteiger partial charge in [-0.2, -0.15) is 0 Å². The van der Waals surface area contributed by atoms with Gasteiger partial charge in [-0.1, -0.05) is 18.2 Å². The number of hydrogen-bond acceptors (Lipinski definition) is 3. The van der Waals surface area contributed by atoms with Gasteiger partial charge in [0.05, 0.1) is 22.3 Å². The summed E-state index contributed by atoms with van der Waals surface area (Å²) in [5, 5.41) is 0. The van der Waals surface area contributed by atoms with Crippen LogP contribution in [0, 0.1) is 5.82 Å². The Morgan fingerprint density at radius 2 is 1.90 bits per heavy atom. The minimum atomic E-state index is -1.31. The maximum Gasteiger partial charge on any atom is 0.124 e. The smallest absolute Gasteiger partial charge is 0.124 e. The van der Waals surface area contributed by atoms with Crippen molar-refractivity contribution in [1.29, 1.82) is 0 Å². The minimum absolute atomic E-state index is 0.352. The van der Waals surface area contributed by atoms with Gasteiger partial charge in [0.2, 0.25) is 0 Å². The largest absolute Gasteiger partial charge is 0.494 e. The monoisotopic (exact) mass is 293 g/mol. The summed E-state index contributed by atoms with van der Waals surface area (Å²) < 4.78 is 30.6. The first-order valence-electron chi connectivity index (χ1n) is 6.28. The summed E-state index contributed by atoms with van der Waals surface area (Å²) in [6.07, 6.45) is 0.609. The molecule has 2 aromatic carbocycles. The highest BCUT2D eigenvalue weighted by molar-refractivity contribution is 7.85. The molecular formula is C15H16FNO2S. The van der Waals surface area contributed by atoms with Crippen molar-refractivity contribution >= 4 is 16.5 Å². The maximum atomic E-state index is 13.1. The van der Waals surface area contributed by atoms with Crippen LogP contribution in [0.25, 0.3) is 0 Å². The van der Waals surface area contributed by atoms with Gasteiger partial charge < -0.3 is 10.5 Å². The number of anilines is 1. The summed E-state index contributed by atoms with van der Waals surface area (Å²) in [4.78, 5) is 0.352. The quantitative estimate of drug-likeness (QED) is 0.658. The van der Waals surface area contributed by atoms with E-state index in [1.54, 1.807) is 0 Å². The Kier molecular flexibility index (Phi) is 5.12. The molecule has 0 heterocycles. The van der Waals surface area contributed by atoms with Crippen molar-refractivity contribution in [1.82, 2.24) is 0 Å². The third kappa shape index (κ3) is 4.06. The van der Waals surface area contributed by atoms with E-state index in [4.69, 9.17) is 10.5 Å². The Morgan fingerprint density at radius 1 is 1.15 bits per heavy atom. The average molecular weight is 293 g/mol. The molecule has 0 amide bonds. The number of halogens is 1. The zero-order valence-electron chi connectivity index (χ0n) is 10.9. The van der Waals surface area contributed by atoms with Crippen LogP contribution in [-0.4, -0.2) is 16.6 Å². The van der Waals surface area contributed by atoms with Gasteiger partial charge >= 0.3 is 0 Å². The van der Waals surface area contributed by atoms with Crippen molar-refractivity contribution in [2.45, 2.75) is 11.3 Å². The van der Waals surface area contributed by atoms with Crippen molar-refractivity contribution in [3.05, 3.63) is 54.3 Å². The van der Waals surface area contributed by atoms with Crippen LogP contribution < -0.4 is 10.5 Å². The average Bonchev–Trinajstić information content (AvgIpc) is 2.47. The molecule has 2 rings (SSSR count). The lowest BCUT2D eigenvalue weighted by atomic mass is 10.3. The van der Waals surface area contributed by atoms with E-state index >= 15 is 0 Å². The second-order valence-corrected chi connectivity index (χ2v) is 5.79. The van der Waals surface area contributed by atoms with Crippen molar-refractivity contribution < 1.29 is 13.3 Å². The van der Waals surface area contributed by atoms with E-state index in [1.807, 2.05) is 30.3 Å². The Labute approximate surface area is 120 Å². The second kappa shape index (κ2) is 7.05. The predicted octanol–water partition coefficient (Wildman–Crippen LogP) is 2.98. The molecular weight excluding hydrogens is 277 g/mol. The van der Waals surface area contributed by atoms with Crippen LogP contribution in [0.3, 0.4) is 0 Å². The zero-order valence-corrected chi connectivity index (χ0v) is 11.7. The van der Waals surface area contributed by atoms with Gasteiger partial charge in [0.25, 0.3) is 0 Å². The molecule has 0 radical (unpaired) electrons. The molecule has 2 aromatic rings. The number of nitrogen functional groups attached to an aromatic ring is 1. The Morgan fingerprint density at radius 3 is 2.65 bits per heavy atom. The summed E-state index contributed by atoms with van der Waals surface area (Å²) in [5.74, 6) is 0.743. The minimum Gasteiger partial charge on any atom is -0.494 e. The molecule has 5 heteroatoms. The van der Waals surface area contributed by atoms with Crippen molar-refractivity contribution in [3.8, 4) is 5.75 Å². The molecule has 0 saturated carbocycles. The Hall–Kier alpha value is -1.88. The summed E-state index contributed by atoms with van der Waals surface area (Å²) in [6.45, 7) is 0.463. The van der Waals surface area contributed by atoms with Crippen LogP contribution in [0.1, 0.15) is 6.42 Å². The van der Waals surface area contributed by atoms with E-state index in [0.29, 0.717) is 29.4 Å². The molecule has 1 unspecified atom stereocenters. The normalized spacial score (nSPS) is 12.1. The summed E-state index contributed by atoms with van der Waals surface area (Å²) in [5.41, 5.74) is 6.05. The topological polar surface area (TPSA) is 52.3 Å². The number of nitrogens with two attached hydrogens (primary N) is 1. The second-order valence-electron chi connectivity index (χ2n) is 4.25.